The van der Waals surface area contributed by atoms with Crippen LogP contribution >= 0.6 is 23.2 Å². The van der Waals surface area contributed by atoms with Crippen molar-refractivity contribution in [3.8, 4) is 0 Å². The summed E-state index contributed by atoms with van der Waals surface area (Å²) < 4.78 is 14.1. The number of halogens is 3. The predicted octanol–water partition coefficient (Wildman–Crippen LogP) is 3.13. The zero-order valence-corrected chi connectivity index (χ0v) is 10.0. The minimum Gasteiger partial charge on any atom is -0.242 e. The van der Waals surface area contributed by atoms with Gasteiger partial charge < -0.3 is 0 Å². The number of hydrogen-bond donors (Lipinski definition) is 0. The van der Waals surface area contributed by atoms with Gasteiger partial charge in [-0.05, 0) is 18.2 Å². The van der Waals surface area contributed by atoms with Crippen molar-refractivity contribution in [3.05, 3.63) is 40.9 Å². The number of alkyl halides is 1. The van der Waals surface area contributed by atoms with Crippen LogP contribution in [0.15, 0.2) is 35.8 Å². The first-order chi connectivity index (χ1) is 8.20. The van der Waals surface area contributed by atoms with E-state index in [1.807, 2.05) is 0 Å². The molecule has 0 aliphatic rings. The lowest BCUT2D eigenvalue weighted by Gasteiger charge is -2.03. The van der Waals surface area contributed by atoms with Gasteiger partial charge in [0.1, 0.15) is 19.3 Å². The second kappa shape index (κ2) is 5.25. The van der Waals surface area contributed by atoms with Gasteiger partial charge in [0.05, 0.1) is 10.7 Å². The number of benzene rings is 1. The molecule has 0 atom stereocenters. The van der Waals surface area contributed by atoms with Crippen molar-refractivity contribution in [2.75, 3.05) is 6.67 Å². The lowest BCUT2D eigenvalue weighted by Crippen LogP contribution is -2.14. The fourth-order valence-corrected chi connectivity index (χ4v) is 1.65. The molecule has 0 fully saturated rings. The molecule has 0 amide bonds. The molecule has 1 heterocycles. The highest BCUT2D eigenvalue weighted by Gasteiger charge is 2.05. The Hall–Kier alpha value is -1.46. The third-order valence-electron chi connectivity index (χ3n) is 1.96. The summed E-state index contributed by atoms with van der Waals surface area (Å²) in [6.45, 7) is -0.775. The SMILES string of the molecule is FCC(=Nc1ccc(Cl)cc1Cl)n1cncn1. The van der Waals surface area contributed by atoms with Gasteiger partial charge in [0.2, 0.25) is 0 Å². The van der Waals surface area contributed by atoms with E-state index in [-0.39, 0.29) is 5.84 Å². The lowest BCUT2D eigenvalue weighted by molar-refractivity contribution is 0.568. The molecule has 0 spiro atoms. The fraction of sp³-hybridized carbons (Fsp3) is 0.100. The van der Waals surface area contributed by atoms with Gasteiger partial charge in [-0.25, -0.2) is 19.0 Å². The van der Waals surface area contributed by atoms with Gasteiger partial charge in [-0.3, -0.25) is 0 Å². The fourth-order valence-electron chi connectivity index (χ4n) is 1.19. The molecule has 0 saturated heterocycles. The average molecular weight is 273 g/mol. The van der Waals surface area contributed by atoms with Crippen molar-refractivity contribution in [2.24, 2.45) is 4.99 Å². The summed E-state index contributed by atoms with van der Waals surface area (Å²) in [7, 11) is 0. The largest absolute Gasteiger partial charge is 0.242 e. The van der Waals surface area contributed by atoms with Gasteiger partial charge in [-0.1, -0.05) is 23.2 Å². The summed E-state index contributed by atoms with van der Waals surface area (Å²) in [5.74, 6) is 0.103. The molecule has 2 aromatic rings. The molecule has 0 bridgehead atoms. The van der Waals surface area contributed by atoms with Crippen LogP contribution in [-0.2, 0) is 0 Å². The second-order valence-corrected chi connectivity index (χ2v) is 3.94. The highest BCUT2D eigenvalue weighted by atomic mass is 35.5. The van der Waals surface area contributed by atoms with Crippen molar-refractivity contribution >= 4 is 34.7 Å². The molecule has 0 saturated carbocycles. The summed E-state index contributed by atoms with van der Waals surface area (Å²) in [5, 5.41) is 4.64. The van der Waals surface area contributed by atoms with Crippen LogP contribution < -0.4 is 0 Å². The van der Waals surface area contributed by atoms with Crippen molar-refractivity contribution in [3.63, 3.8) is 0 Å². The minimum atomic E-state index is -0.775. The Morgan fingerprint density at radius 1 is 1.41 bits per heavy atom. The number of aromatic nitrogens is 3. The minimum absolute atomic E-state index is 0.103. The van der Waals surface area contributed by atoms with E-state index in [1.165, 1.54) is 17.3 Å². The monoisotopic (exact) mass is 272 g/mol. The molecule has 4 nitrogen and oxygen atoms in total. The number of rotatable bonds is 2. The highest BCUT2D eigenvalue weighted by molar-refractivity contribution is 6.36. The number of nitrogens with zero attached hydrogens (tertiary/aromatic N) is 4. The molecule has 0 unspecified atom stereocenters. The predicted molar refractivity (Wildman–Crippen MR) is 65.0 cm³/mol. The van der Waals surface area contributed by atoms with Crippen LogP contribution in [0, 0.1) is 0 Å². The van der Waals surface area contributed by atoms with E-state index in [1.54, 1.807) is 18.2 Å². The third-order valence-corrected chi connectivity index (χ3v) is 2.50. The first-order valence-corrected chi connectivity index (χ1v) is 5.40. The van der Waals surface area contributed by atoms with Crippen LogP contribution in [0.3, 0.4) is 0 Å². The van der Waals surface area contributed by atoms with Crippen LogP contribution in [0.25, 0.3) is 0 Å². The zero-order valence-electron chi connectivity index (χ0n) is 8.52. The molecule has 0 N–H and O–H groups in total. The zero-order chi connectivity index (χ0) is 12.3. The van der Waals surface area contributed by atoms with Gasteiger partial charge in [-0.15, -0.1) is 0 Å². The van der Waals surface area contributed by atoms with E-state index in [0.29, 0.717) is 15.7 Å². The number of aliphatic imine (C=N–C) groups is 1. The molecular formula is C10H7Cl2FN4. The summed E-state index contributed by atoms with van der Waals surface area (Å²) in [6.07, 6.45) is 2.66. The lowest BCUT2D eigenvalue weighted by atomic mass is 10.3. The standard InChI is InChI=1S/C10H7Cl2FN4/c11-7-1-2-9(8(12)3-7)16-10(4-13)17-6-14-5-15-17/h1-3,5-6H,4H2. The van der Waals surface area contributed by atoms with Crippen LogP contribution in [-0.4, -0.2) is 27.3 Å². The molecule has 1 aromatic heterocycles. The van der Waals surface area contributed by atoms with E-state index in [0.717, 1.165) is 0 Å². The molecular weight excluding hydrogens is 266 g/mol. The normalized spacial score (nSPS) is 11.8. The van der Waals surface area contributed by atoms with Gasteiger partial charge >= 0.3 is 0 Å². The van der Waals surface area contributed by atoms with E-state index < -0.39 is 6.67 Å². The molecule has 7 heteroatoms. The van der Waals surface area contributed by atoms with E-state index in [9.17, 15) is 4.39 Å². The van der Waals surface area contributed by atoms with Crippen LogP contribution in [0.2, 0.25) is 10.0 Å². The second-order valence-electron chi connectivity index (χ2n) is 3.10. The van der Waals surface area contributed by atoms with E-state index in [4.69, 9.17) is 23.2 Å². The van der Waals surface area contributed by atoms with Crippen LogP contribution in [0.4, 0.5) is 10.1 Å². The first kappa shape index (κ1) is 12.0. The van der Waals surface area contributed by atoms with Crippen molar-refractivity contribution < 1.29 is 4.39 Å². The molecule has 2 rings (SSSR count). The maximum Gasteiger partial charge on any atom is 0.163 e. The third kappa shape index (κ3) is 2.81. The van der Waals surface area contributed by atoms with E-state index in [2.05, 4.69) is 15.1 Å². The van der Waals surface area contributed by atoms with Crippen molar-refractivity contribution in [1.82, 2.24) is 14.8 Å². The smallest absolute Gasteiger partial charge is 0.163 e. The first-order valence-electron chi connectivity index (χ1n) is 4.64. The highest BCUT2D eigenvalue weighted by Crippen LogP contribution is 2.28. The molecule has 1 aromatic carbocycles. The Labute approximate surface area is 107 Å². The van der Waals surface area contributed by atoms with Crippen molar-refractivity contribution in [2.45, 2.75) is 0 Å². The number of hydrogen-bond acceptors (Lipinski definition) is 3. The summed E-state index contributed by atoms with van der Waals surface area (Å²) in [6, 6.07) is 4.78. The van der Waals surface area contributed by atoms with Crippen molar-refractivity contribution in [1.29, 1.82) is 0 Å². The van der Waals surface area contributed by atoms with Gasteiger partial charge in [0.25, 0.3) is 0 Å². The van der Waals surface area contributed by atoms with E-state index >= 15 is 0 Å². The van der Waals surface area contributed by atoms with Gasteiger partial charge in [-0.2, -0.15) is 5.10 Å². The Balaban J connectivity index is 2.40. The molecule has 0 aliphatic carbocycles. The molecule has 0 radical (unpaired) electrons. The van der Waals surface area contributed by atoms with Crippen LogP contribution in [0.5, 0.6) is 0 Å². The summed E-state index contributed by atoms with van der Waals surface area (Å²) in [4.78, 5) is 7.79. The van der Waals surface area contributed by atoms with Gasteiger partial charge in [0.15, 0.2) is 5.84 Å². The van der Waals surface area contributed by atoms with Gasteiger partial charge in [0, 0.05) is 5.02 Å². The molecule has 88 valence electrons. The Morgan fingerprint density at radius 2 is 2.24 bits per heavy atom. The summed E-state index contributed by atoms with van der Waals surface area (Å²) >= 11 is 11.7. The Morgan fingerprint density at radius 3 is 2.82 bits per heavy atom. The quantitative estimate of drug-likeness (QED) is 0.623. The maximum atomic E-state index is 12.8. The molecule has 17 heavy (non-hydrogen) atoms. The van der Waals surface area contributed by atoms with Crippen LogP contribution in [0.1, 0.15) is 0 Å². The maximum absolute atomic E-state index is 12.8. The topological polar surface area (TPSA) is 43.1 Å². The molecule has 0 aliphatic heterocycles. The average Bonchev–Trinajstić information content (AvgIpc) is 2.81. The summed E-state index contributed by atoms with van der Waals surface area (Å²) in [5.41, 5.74) is 0.430. The Kier molecular flexibility index (Phi) is 3.71. The Bertz CT molecular complexity index is 539.